The molecular formula is C25H30N2O. The number of rotatable bonds is 6. The van der Waals surface area contributed by atoms with Crippen LogP contribution in [0.1, 0.15) is 80.1 Å². The lowest BCUT2D eigenvalue weighted by Crippen LogP contribution is -2.11. The van der Waals surface area contributed by atoms with Gasteiger partial charge in [0.2, 0.25) is 0 Å². The van der Waals surface area contributed by atoms with Crippen LogP contribution in [-0.4, -0.2) is 15.8 Å². The van der Waals surface area contributed by atoms with Crippen molar-refractivity contribution in [2.75, 3.05) is 0 Å². The van der Waals surface area contributed by atoms with Gasteiger partial charge in [0.25, 0.3) is 0 Å². The number of pyridine rings is 2. The third-order valence-corrected chi connectivity index (χ3v) is 5.47. The Kier molecular flexibility index (Phi) is 5.93. The molecule has 0 unspecified atom stereocenters. The zero-order valence-electron chi connectivity index (χ0n) is 17.6. The molecule has 28 heavy (non-hydrogen) atoms. The quantitative estimate of drug-likeness (QED) is 0.469. The fraction of sp³-hybridized carbons (Fsp3) is 0.400. The molecule has 0 saturated heterocycles. The predicted molar refractivity (Wildman–Crippen MR) is 116 cm³/mol. The second-order valence-electron chi connectivity index (χ2n) is 8.76. The van der Waals surface area contributed by atoms with E-state index in [1.165, 1.54) is 11.1 Å². The molecule has 0 amide bonds. The number of benzene rings is 1. The van der Waals surface area contributed by atoms with Gasteiger partial charge in [0.15, 0.2) is 11.4 Å². The standard InChI is InChI=1S/C25H30N2O/c1-17(19-11-13-21(14-12-19)25(3,4)5)8-6-10-23(28)22-16-20-9-7-15-26-24(20)27-18(22)2/h7,9,11-17H,6,8,10H2,1-5H3/t17-/m1/s1. The molecular weight excluding hydrogens is 344 g/mol. The van der Waals surface area contributed by atoms with Crippen molar-refractivity contribution in [3.8, 4) is 0 Å². The van der Waals surface area contributed by atoms with Gasteiger partial charge in [-0.2, -0.15) is 0 Å². The maximum atomic E-state index is 12.7. The van der Waals surface area contributed by atoms with Crippen molar-refractivity contribution >= 4 is 16.8 Å². The molecule has 0 fully saturated rings. The van der Waals surface area contributed by atoms with Crippen molar-refractivity contribution in [2.24, 2.45) is 0 Å². The molecule has 146 valence electrons. The minimum Gasteiger partial charge on any atom is -0.294 e. The molecule has 1 atom stereocenters. The Morgan fingerprint density at radius 1 is 1.11 bits per heavy atom. The van der Waals surface area contributed by atoms with Crippen LogP contribution >= 0.6 is 0 Å². The number of ketones is 1. The lowest BCUT2D eigenvalue weighted by molar-refractivity contribution is 0.0978. The number of carbonyl (C=O) groups excluding carboxylic acids is 1. The fourth-order valence-electron chi connectivity index (χ4n) is 3.56. The first-order chi connectivity index (χ1) is 13.3. The monoisotopic (exact) mass is 374 g/mol. The van der Waals surface area contributed by atoms with Crippen molar-refractivity contribution in [3.05, 3.63) is 71.0 Å². The molecule has 2 aromatic heterocycles. The number of aromatic nitrogens is 2. The van der Waals surface area contributed by atoms with Crippen LogP contribution in [0.15, 0.2) is 48.7 Å². The summed E-state index contributed by atoms with van der Waals surface area (Å²) in [4.78, 5) is 21.5. The lowest BCUT2D eigenvalue weighted by Gasteiger charge is -2.20. The molecule has 0 aliphatic heterocycles. The van der Waals surface area contributed by atoms with Gasteiger partial charge < -0.3 is 0 Å². The molecule has 3 aromatic rings. The van der Waals surface area contributed by atoms with Gasteiger partial charge in [-0.15, -0.1) is 0 Å². The highest BCUT2D eigenvalue weighted by molar-refractivity contribution is 5.99. The Bertz CT molecular complexity index is 968. The van der Waals surface area contributed by atoms with Crippen molar-refractivity contribution in [2.45, 2.75) is 65.2 Å². The number of nitrogens with zero attached hydrogens (tertiary/aromatic N) is 2. The van der Waals surface area contributed by atoms with Crippen molar-refractivity contribution in [1.82, 2.24) is 9.97 Å². The summed E-state index contributed by atoms with van der Waals surface area (Å²) in [7, 11) is 0. The molecule has 0 saturated carbocycles. The van der Waals surface area contributed by atoms with Gasteiger partial charge >= 0.3 is 0 Å². The molecule has 3 heteroatoms. The van der Waals surface area contributed by atoms with Gasteiger partial charge in [-0.25, -0.2) is 9.97 Å². The molecule has 0 N–H and O–H groups in total. The normalized spacial score (nSPS) is 12.9. The summed E-state index contributed by atoms with van der Waals surface area (Å²) in [6, 6.07) is 14.7. The van der Waals surface area contributed by atoms with Crippen LogP contribution in [0.25, 0.3) is 11.0 Å². The van der Waals surface area contributed by atoms with Gasteiger partial charge in [0.05, 0.1) is 5.69 Å². The second kappa shape index (κ2) is 8.22. The summed E-state index contributed by atoms with van der Waals surface area (Å²) in [6.07, 6.45) is 4.16. The van der Waals surface area contributed by atoms with Crippen molar-refractivity contribution in [1.29, 1.82) is 0 Å². The predicted octanol–water partition coefficient (Wildman–Crippen LogP) is 6.39. The van der Waals surface area contributed by atoms with E-state index in [0.717, 1.165) is 29.5 Å². The number of hydrogen-bond acceptors (Lipinski definition) is 3. The van der Waals surface area contributed by atoms with Crippen LogP contribution < -0.4 is 0 Å². The van der Waals surface area contributed by atoms with E-state index in [1.807, 2.05) is 25.1 Å². The number of carbonyl (C=O) groups is 1. The molecule has 0 aliphatic carbocycles. The Morgan fingerprint density at radius 3 is 2.50 bits per heavy atom. The summed E-state index contributed by atoms with van der Waals surface area (Å²) in [5, 5.41) is 0.920. The summed E-state index contributed by atoms with van der Waals surface area (Å²) in [5.41, 5.74) is 5.06. The Hall–Kier alpha value is -2.55. The molecule has 0 aliphatic rings. The first-order valence-corrected chi connectivity index (χ1v) is 10.1. The van der Waals surface area contributed by atoms with Crippen LogP contribution in [-0.2, 0) is 5.41 Å². The molecule has 3 rings (SSSR count). The van der Waals surface area contributed by atoms with Crippen LogP contribution in [0.2, 0.25) is 0 Å². The Labute approximate surface area is 168 Å². The molecule has 0 radical (unpaired) electrons. The van der Waals surface area contributed by atoms with Gasteiger partial charge in [0.1, 0.15) is 0 Å². The maximum absolute atomic E-state index is 12.7. The third kappa shape index (κ3) is 4.64. The summed E-state index contributed by atoms with van der Waals surface area (Å²) < 4.78 is 0. The summed E-state index contributed by atoms with van der Waals surface area (Å²) >= 11 is 0. The summed E-state index contributed by atoms with van der Waals surface area (Å²) in [6.45, 7) is 10.8. The van der Waals surface area contributed by atoms with Gasteiger partial charge in [-0.1, -0.05) is 52.0 Å². The smallest absolute Gasteiger partial charge is 0.164 e. The molecule has 0 spiro atoms. The third-order valence-electron chi connectivity index (χ3n) is 5.47. The van der Waals surface area contributed by atoms with E-state index in [-0.39, 0.29) is 11.2 Å². The van der Waals surface area contributed by atoms with Crippen molar-refractivity contribution in [3.63, 3.8) is 0 Å². The largest absolute Gasteiger partial charge is 0.294 e. The average Bonchev–Trinajstić information content (AvgIpc) is 2.66. The van der Waals surface area contributed by atoms with E-state index < -0.39 is 0 Å². The van der Waals surface area contributed by atoms with E-state index in [0.29, 0.717) is 18.0 Å². The van der Waals surface area contributed by atoms with E-state index in [4.69, 9.17) is 0 Å². The highest BCUT2D eigenvalue weighted by atomic mass is 16.1. The first-order valence-electron chi connectivity index (χ1n) is 10.1. The number of aryl methyl sites for hydroxylation is 1. The average molecular weight is 375 g/mol. The van der Waals surface area contributed by atoms with Gasteiger partial charge in [0, 0.05) is 23.6 Å². The number of Topliss-reactive ketones (excluding diaryl/α,β-unsaturated/α-hetero) is 1. The topological polar surface area (TPSA) is 42.9 Å². The van der Waals surface area contributed by atoms with Crippen LogP contribution in [0, 0.1) is 6.92 Å². The number of fused-ring (bicyclic) bond motifs is 1. The SMILES string of the molecule is Cc1nc2ncccc2cc1C(=O)CCC[C@@H](C)c1ccc(C(C)(C)C)cc1. The molecule has 2 heterocycles. The first kappa shape index (κ1) is 20.2. The molecule has 0 bridgehead atoms. The van der Waals surface area contributed by atoms with Gasteiger partial charge in [-0.05, 0) is 60.4 Å². The van der Waals surface area contributed by atoms with Crippen molar-refractivity contribution < 1.29 is 4.79 Å². The molecule has 3 nitrogen and oxygen atoms in total. The summed E-state index contributed by atoms with van der Waals surface area (Å²) in [5.74, 6) is 0.618. The second-order valence-corrected chi connectivity index (χ2v) is 8.76. The Morgan fingerprint density at radius 2 is 1.82 bits per heavy atom. The maximum Gasteiger partial charge on any atom is 0.164 e. The minimum atomic E-state index is 0.172. The van der Waals surface area contributed by atoms with E-state index in [1.54, 1.807) is 6.20 Å². The van der Waals surface area contributed by atoms with Crippen LogP contribution in [0.3, 0.4) is 0 Å². The van der Waals surface area contributed by atoms with Crippen LogP contribution in [0.5, 0.6) is 0 Å². The molecule has 1 aromatic carbocycles. The minimum absolute atomic E-state index is 0.172. The fourth-order valence-corrected chi connectivity index (χ4v) is 3.56. The van der Waals surface area contributed by atoms with E-state index >= 15 is 0 Å². The zero-order valence-corrected chi connectivity index (χ0v) is 17.6. The van der Waals surface area contributed by atoms with Gasteiger partial charge in [-0.3, -0.25) is 4.79 Å². The van der Waals surface area contributed by atoms with E-state index in [2.05, 4.69) is 61.9 Å². The highest BCUT2D eigenvalue weighted by Gasteiger charge is 2.15. The van der Waals surface area contributed by atoms with E-state index in [9.17, 15) is 4.79 Å². The lowest BCUT2D eigenvalue weighted by atomic mass is 9.85. The number of hydrogen-bond donors (Lipinski definition) is 0. The van der Waals surface area contributed by atoms with Crippen LogP contribution in [0.4, 0.5) is 0 Å². The highest BCUT2D eigenvalue weighted by Crippen LogP contribution is 2.27. The zero-order chi connectivity index (χ0) is 20.3. The Balaban J connectivity index is 1.60.